The predicted octanol–water partition coefficient (Wildman–Crippen LogP) is 6.11. The minimum absolute atomic E-state index is 0.0628. The third-order valence-corrected chi connectivity index (χ3v) is 6.85. The molecule has 0 aliphatic carbocycles. The van der Waals surface area contributed by atoms with Crippen molar-refractivity contribution < 1.29 is 14.3 Å². The Balaban J connectivity index is 2.00. The lowest BCUT2D eigenvalue weighted by atomic mass is 10.1. The summed E-state index contributed by atoms with van der Waals surface area (Å²) in [6, 6.07) is 15.0. The van der Waals surface area contributed by atoms with E-state index in [4.69, 9.17) is 26.8 Å². The van der Waals surface area contributed by atoms with E-state index in [1.54, 1.807) is 20.3 Å². The Kier molecular flexibility index (Phi) is 6.88. The largest absolute Gasteiger partial charge is 0.493 e. The number of methoxy groups -OCH3 is 2. The number of rotatable bonds is 8. The molecule has 0 aliphatic rings. The van der Waals surface area contributed by atoms with Crippen LogP contribution in [-0.4, -0.2) is 20.0 Å². The third kappa shape index (κ3) is 4.46. The molecule has 7 heteroatoms. The number of nitrogen functional groups attached to an aromatic ring is 1. The number of nitrogens with two attached hydrogens (primary N) is 1. The zero-order chi connectivity index (χ0) is 20.1. The number of ether oxygens (including phenoxy) is 2. The zero-order valence-corrected chi connectivity index (χ0v) is 17.9. The van der Waals surface area contributed by atoms with Crippen LogP contribution in [0.2, 0.25) is 5.02 Å². The lowest BCUT2D eigenvalue weighted by Gasteiger charge is -2.21. The smallest absolute Gasteiger partial charge is 0.179 e. The number of thiophene rings is 1. The van der Waals surface area contributed by atoms with Crippen LogP contribution in [0.1, 0.15) is 26.9 Å². The number of benzene rings is 2. The summed E-state index contributed by atoms with van der Waals surface area (Å²) in [5.74, 6) is 1.06. The lowest BCUT2D eigenvalue weighted by molar-refractivity contribution is 0.0986. The Morgan fingerprint density at radius 2 is 1.93 bits per heavy atom. The number of hydrogen-bond donors (Lipinski definition) is 1. The fourth-order valence-corrected chi connectivity index (χ4v) is 5.15. The zero-order valence-electron chi connectivity index (χ0n) is 15.5. The number of para-hydroxylation sites is 1. The molecular weight excluding hydrogens is 414 g/mol. The molecule has 0 saturated carbocycles. The van der Waals surface area contributed by atoms with E-state index in [1.165, 1.54) is 23.1 Å². The molecule has 0 bridgehead atoms. The van der Waals surface area contributed by atoms with Crippen LogP contribution in [0.15, 0.2) is 58.8 Å². The van der Waals surface area contributed by atoms with E-state index < -0.39 is 0 Å². The van der Waals surface area contributed by atoms with Gasteiger partial charge in [-0.3, -0.25) is 4.79 Å². The van der Waals surface area contributed by atoms with Gasteiger partial charge in [0.15, 0.2) is 17.3 Å². The second-order valence-electron chi connectivity index (χ2n) is 5.95. The number of hydrogen-bond acceptors (Lipinski definition) is 6. The fourth-order valence-electron chi connectivity index (χ4n) is 2.82. The molecule has 4 nitrogen and oxygen atoms in total. The standard InChI is InChI=1S/C21H20ClNO3S2/c1-25-16-10-9-13(20(22)21(16)26-2)19(12-15(24)18-8-5-11-27-18)28-17-7-4-3-6-14(17)23/h3-11,19H,12,23H2,1-2H3. The summed E-state index contributed by atoms with van der Waals surface area (Å²) in [4.78, 5) is 14.4. The highest BCUT2D eigenvalue weighted by molar-refractivity contribution is 7.99. The molecular formula is C21H20ClNO3S2. The first-order valence-corrected chi connectivity index (χ1v) is 10.7. The SMILES string of the molecule is COc1ccc(C(CC(=O)c2cccs2)Sc2ccccc2N)c(Cl)c1OC. The summed E-state index contributed by atoms with van der Waals surface area (Å²) in [6.45, 7) is 0. The van der Waals surface area contributed by atoms with Crippen molar-refractivity contribution in [1.82, 2.24) is 0 Å². The van der Waals surface area contributed by atoms with Crippen molar-refractivity contribution in [1.29, 1.82) is 0 Å². The van der Waals surface area contributed by atoms with Gasteiger partial charge in [0.05, 0.1) is 24.1 Å². The van der Waals surface area contributed by atoms with Gasteiger partial charge < -0.3 is 15.2 Å². The minimum Gasteiger partial charge on any atom is -0.493 e. The second-order valence-corrected chi connectivity index (χ2v) is 8.52. The number of thioether (sulfide) groups is 1. The average molecular weight is 434 g/mol. The van der Waals surface area contributed by atoms with Crippen LogP contribution in [0.3, 0.4) is 0 Å². The van der Waals surface area contributed by atoms with Crippen LogP contribution in [0.4, 0.5) is 5.69 Å². The van der Waals surface area contributed by atoms with Crippen LogP contribution in [0.25, 0.3) is 0 Å². The molecule has 1 heterocycles. The molecule has 1 aromatic heterocycles. The monoisotopic (exact) mass is 433 g/mol. The normalized spacial score (nSPS) is 11.8. The fraction of sp³-hybridized carbons (Fsp3) is 0.190. The molecule has 2 aromatic carbocycles. The maximum Gasteiger partial charge on any atom is 0.179 e. The summed E-state index contributed by atoms with van der Waals surface area (Å²) >= 11 is 9.60. The number of carbonyl (C=O) groups excluding carboxylic acids is 1. The molecule has 0 spiro atoms. The maximum absolute atomic E-state index is 12.8. The van der Waals surface area contributed by atoms with Crippen LogP contribution >= 0.6 is 34.7 Å². The minimum atomic E-state index is -0.230. The van der Waals surface area contributed by atoms with Crippen molar-refractivity contribution in [2.45, 2.75) is 16.6 Å². The summed E-state index contributed by atoms with van der Waals surface area (Å²) in [5, 5.41) is 2.10. The maximum atomic E-state index is 12.8. The first-order valence-electron chi connectivity index (χ1n) is 8.53. The number of Topliss-reactive ketones (excluding diaryl/α,β-unsaturated/α-hetero) is 1. The van der Waals surface area contributed by atoms with E-state index in [0.29, 0.717) is 22.2 Å². The van der Waals surface area contributed by atoms with Crippen molar-refractivity contribution in [2.24, 2.45) is 0 Å². The summed E-state index contributed by atoms with van der Waals surface area (Å²) < 4.78 is 10.8. The Hall–Kier alpha value is -2.15. The number of anilines is 1. The van der Waals surface area contributed by atoms with Gasteiger partial charge in [0.2, 0.25) is 0 Å². The van der Waals surface area contributed by atoms with Gasteiger partial charge in [-0.2, -0.15) is 0 Å². The highest BCUT2D eigenvalue weighted by Gasteiger charge is 2.25. The lowest BCUT2D eigenvalue weighted by Crippen LogP contribution is -2.06. The highest BCUT2D eigenvalue weighted by Crippen LogP contribution is 2.47. The molecule has 0 amide bonds. The van der Waals surface area contributed by atoms with Gasteiger partial charge >= 0.3 is 0 Å². The number of carbonyl (C=O) groups is 1. The van der Waals surface area contributed by atoms with E-state index in [-0.39, 0.29) is 17.5 Å². The summed E-state index contributed by atoms with van der Waals surface area (Å²) in [5.41, 5.74) is 7.60. The van der Waals surface area contributed by atoms with Gasteiger partial charge in [-0.15, -0.1) is 23.1 Å². The van der Waals surface area contributed by atoms with Gasteiger partial charge in [0, 0.05) is 22.3 Å². The van der Waals surface area contributed by atoms with Crippen molar-refractivity contribution in [2.75, 3.05) is 20.0 Å². The molecule has 1 atom stereocenters. The van der Waals surface area contributed by atoms with E-state index in [1.807, 2.05) is 47.8 Å². The molecule has 0 aliphatic heterocycles. The highest BCUT2D eigenvalue weighted by atomic mass is 35.5. The molecule has 0 radical (unpaired) electrons. The molecule has 0 saturated heterocycles. The van der Waals surface area contributed by atoms with Crippen LogP contribution in [0.5, 0.6) is 11.5 Å². The van der Waals surface area contributed by atoms with Crippen molar-refractivity contribution in [3.05, 3.63) is 69.4 Å². The quantitative estimate of drug-likeness (QED) is 0.264. The first kappa shape index (κ1) is 20.6. The first-order chi connectivity index (χ1) is 13.5. The molecule has 0 fully saturated rings. The average Bonchev–Trinajstić information content (AvgIpc) is 3.24. The summed E-state index contributed by atoms with van der Waals surface area (Å²) in [6.07, 6.45) is 0.286. The van der Waals surface area contributed by atoms with Gasteiger partial charge in [0.1, 0.15) is 0 Å². The van der Waals surface area contributed by atoms with Crippen LogP contribution in [-0.2, 0) is 0 Å². The van der Waals surface area contributed by atoms with E-state index in [0.717, 1.165) is 15.3 Å². The van der Waals surface area contributed by atoms with Crippen molar-refractivity contribution in [3.63, 3.8) is 0 Å². The van der Waals surface area contributed by atoms with Gasteiger partial charge in [0.25, 0.3) is 0 Å². The van der Waals surface area contributed by atoms with E-state index in [9.17, 15) is 4.79 Å². The Labute approximate surface area is 177 Å². The molecule has 3 rings (SSSR count). The second kappa shape index (κ2) is 9.37. The van der Waals surface area contributed by atoms with Gasteiger partial charge in [-0.25, -0.2) is 0 Å². The van der Waals surface area contributed by atoms with Crippen LogP contribution in [0, 0.1) is 0 Å². The predicted molar refractivity (Wildman–Crippen MR) is 117 cm³/mol. The number of ketones is 1. The van der Waals surface area contributed by atoms with Gasteiger partial charge in [-0.05, 0) is 35.2 Å². The van der Waals surface area contributed by atoms with Crippen molar-refractivity contribution in [3.8, 4) is 11.5 Å². The molecule has 3 aromatic rings. The Morgan fingerprint density at radius 1 is 1.14 bits per heavy atom. The Bertz CT molecular complexity index is 960. The van der Waals surface area contributed by atoms with Crippen LogP contribution < -0.4 is 15.2 Å². The van der Waals surface area contributed by atoms with E-state index in [2.05, 4.69) is 0 Å². The topological polar surface area (TPSA) is 61.5 Å². The summed E-state index contributed by atoms with van der Waals surface area (Å²) in [7, 11) is 3.10. The molecule has 146 valence electrons. The van der Waals surface area contributed by atoms with Gasteiger partial charge in [-0.1, -0.05) is 35.9 Å². The molecule has 2 N–H and O–H groups in total. The number of halogens is 1. The molecule has 28 heavy (non-hydrogen) atoms. The van der Waals surface area contributed by atoms with Crippen molar-refractivity contribution >= 4 is 46.2 Å². The molecule has 1 unspecified atom stereocenters. The van der Waals surface area contributed by atoms with E-state index >= 15 is 0 Å². The Morgan fingerprint density at radius 3 is 2.57 bits per heavy atom. The third-order valence-electron chi connectivity index (χ3n) is 4.22.